The van der Waals surface area contributed by atoms with E-state index < -0.39 is 12.4 Å². The van der Waals surface area contributed by atoms with Gasteiger partial charge in [-0.3, -0.25) is 0 Å². The predicted octanol–water partition coefficient (Wildman–Crippen LogP) is 3.94. The third-order valence-corrected chi connectivity index (χ3v) is 6.49. The van der Waals surface area contributed by atoms with Crippen molar-refractivity contribution >= 4 is 0 Å². The van der Waals surface area contributed by atoms with Gasteiger partial charge in [0, 0.05) is 11.5 Å². The zero-order valence-corrected chi connectivity index (χ0v) is 18.5. The minimum Gasteiger partial charge on any atom is -0.496 e. The van der Waals surface area contributed by atoms with Crippen LogP contribution in [0.4, 0.5) is 13.2 Å². The molecule has 2 aliphatic rings. The van der Waals surface area contributed by atoms with Gasteiger partial charge >= 0.3 is 12.4 Å². The molecule has 3 atom stereocenters. The number of nitrogens with one attached hydrogen (secondary N) is 1. The molecule has 180 valence electrons. The summed E-state index contributed by atoms with van der Waals surface area (Å²) < 4.78 is 55.3. The van der Waals surface area contributed by atoms with E-state index in [2.05, 4.69) is 37.7 Å². The van der Waals surface area contributed by atoms with Gasteiger partial charge in [-0.05, 0) is 60.0 Å². The zero-order valence-electron chi connectivity index (χ0n) is 18.5. The lowest BCUT2D eigenvalue weighted by atomic mass is 9.77. The van der Waals surface area contributed by atoms with Crippen LogP contribution in [0, 0.1) is 0 Å². The summed E-state index contributed by atoms with van der Waals surface area (Å²) in [6.07, 6.45) is -2.26. The second-order valence-corrected chi connectivity index (χ2v) is 8.53. The molecule has 2 fully saturated rings. The summed E-state index contributed by atoms with van der Waals surface area (Å²) in [7, 11) is 1.56. The van der Waals surface area contributed by atoms with E-state index in [1.54, 1.807) is 25.3 Å². The molecule has 2 aliphatic heterocycles. The Bertz CT molecular complexity index is 1140. The first kappa shape index (κ1) is 22.6. The number of alkyl halides is 3. The number of hydrogen-bond acceptors (Lipinski definition) is 7. The molecule has 1 spiro atoms. The lowest BCUT2D eigenvalue weighted by molar-refractivity contribution is -0.278. The number of ether oxygens (including phenoxy) is 3. The minimum absolute atomic E-state index is 0.0236. The highest BCUT2D eigenvalue weighted by atomic mass is 19.4. The molecule has 0 saturated carbocycles. The highest BCUT2D eigenvalue weighted by molar-refractivity contribution is 5.47. The molecule has 2 saturated heterocycles. The van der Waals surface area contributed by atoms with Crippen molar-refractivity contribution in [2.45, 2.75) is 43.2 Å². The Labute approximate surface area is 194 Å². The van der Waals surface area contributed by atoms with Crippen LogP contribution in [0.5, 0.6) is 11.8 Å². The van der Waals surface area contributed by atoms with Crippen LogP contribution in [0.15, 0.2) is 48.5 Å². The first-order valence-electron chi connectivity index (χ1n) is 11.0. The monoisotopic (exact) mass is 475 g/mol. The fourth-order valence-electron chi connectivity index (χ4n) is 5.09. The quantitative estimate of drug-likeness (QED) is 0.599. The number of hydrogen-bond donors (Lipinski definition) is 1. The second kappa shape index (κ2) is 8.88. The first-order valence-corrected chi connectivity index (χ1v) is 11.0. The predicted molar refractivity (Wildman–Crippen MR) is 115 cm³/mol. The molecule has 2 aromatic carbocycles. The van der Waals surface area contributed by atoms with Crippen LogP contribution in [-0.4, -0.2) is 52.4 Å². The van der Waals surface area contributed by atoms with Gasteiger partial charge in [-0.2, -0.15) is 4.68 Å². The maximum atomic E-state index is 12.8. The highest BCUT2D eigenvalue weighted by Gasteiger charge is 2.49. The number of benzene rings is 2. The second-order valence-electron chi connectivity index (χ2n) is 8.53. The summed E-state index contributed by atoms with van der Waals surface area (Å²) in [5, 5.41) is 14.0. The third-order valence-electron chi connectivity index (χ3n) is 6.49. The first-order chi connectivity index (χ1) is 16.4. The van der Waals surface area contributed by atoms with Gasteiger partial charge in [0.1, 0.15) is 5.75 Å². The van der Waals surface area contributed by atoms with Crippen molar-refractivity contribution in [3.63, 3.8) is 0 Å². The Kier molecular flexibility index (Phi) is 5.90. The topological polar surface area (TPSA) is 83.3 Å². The molecule has 0 bridgehead atoms. The molecule has 3 heterocycles. The van der Waals surface area contributed by atoms with Gasteiger partial charge in [0.15, 0.2) is 0 Å². The lowest BCUT2D eigenvalue weighted by Crippen LogP contribution is -2.48. The normalized spacial score (nSPS) is 24.9. The fraction of sp³-hybridized carbons (Fsp3) is 0.435. The van der Waals surface area contributed by atoms with Crippen LogP contribution in [0.2, 0.25) is 0 Å². The summed E-state index contributed by atoms with van der Waals surface area (Å²) in [4.78, 5) is 0. The van der Waals surface area contributed by atoms with E-state index in [4.69, 9.17) is 9.47 Å². The summed E-state index contributed by atoms with van der Waals surface area (Å²) in [6.45, 7) is 1.38. The van der Waals surface area contributed by atoms with Crippen LogP contribution >= 0.6 is 0 Å². The highest BCUT2D eigenvalue weighted by Crippen LogP contribution is 2.49. The van der Waals surface area contributed by atoms with Crippen molar-refractivity contribution in [2.24, 2.45) is 0 Å². The van der Waals surface area contributed by atoms with Gasteiger partial charge in [0.05, 0.1) is 31.0 Å². The lowest BCUT2D eigenvalue weighted by Gasteiger charge is -2.41. The van der Waals surface area contributed by atoms with Crippen molar-refractivity contribution in [3.8, 4) is 17.4 Å². The van der Waals surface area contributed by atoms with Gasteiger partial charge in [0.25, 0.3) is 0 Å². The molecule has 1 aromatic heterocycles. The summed E-state index contributed by atoms with van der Waals surface area (Å²) in [6, 6.07) is 14.5. The van der Waals surface area contributed by atoms with Crippen LogP contribution in [0.25, 0.3) is 5.69 Å². The van der Waals surface area contributed by atoms with Crippen LogP contribution in [-0.2, 0) is 4.74 Å². The Hall–Kier alpha value is -3.18. The molecule has 0 unspecified atom stereocenters. The molecule has 0 aliphatic carbocycles. The number of tetrazole rings is 1. The standard InChI is InChI=1S/C23H24F3N5O3/c1-32-19-9-8-17(31-21(28-29-30-31)34-23(24,25)26)12-18(19)16-13-22(33-14-16)10-5-11-27-20(22)15-6-3-2-4-7-15/h2-4,6-9,12,16,20,27H,5,10-11,13-14H2,1H3/t16-,20+,22-/m1/s1. The molecule has 0 amide bonds. The van der Waals surface area contributed by atoms with Gasteiger partial charge < -0.3 is 19.5 Å². The van der Waals surface area contributed by atoms with Crippen LogP contribution < -0.4 is 14.8 Å². The average molecular weight is 475 g/mol. The van der Waals surface area contributed by atoms with Gasteiger partial charge in [0.2, 0.25) is 0 Å². The third kappa shape index (κ3) is 4.32. The van der Waals surface area contributed by atoms with Crippen molar-refractivity contribution in [1.82, 2.24) is 25.5 Å². The van der Waals surface area contributed by atoms with E-state index in [0.717, 1.165) is 36.1 Å². The number of methoxy groups -OCH3 is 1. The van der Waals surface area contributed by atoms with Crippen molar-refractivity contribution in [1.29, 1.82) is 0 Å². The average Bonchev–Trinajstić information content (AvgIpc) is 3.46. The molecular weight excluding hydrogens is 451 g/mol. The fourth-order valence-corrected chi connectivity index (χ4v) is 5.09. The number of piperidine rings is 1. The van der Waals surface area contributed by atoms with Crippen LogP contribution in [0.1, 0.15) is 42.3 Å². The van der Waals surface area contributed by atoms with Gasteiger partial charge in [-0.25, -0.2) is 0 Å². The molecule has 8 nitrogen and oxygen atoms in total. The molecule has 34 heavy (non-hydrogen) atoms. The van der Waals surface area contributed by atoms with Gasteiger partial charge in [-0.15, -0.1) is 13.2 Å². The minimum atomic E-state index is -4.91. The number of nitrogens with zero attached hydrogens (tertiary/aromatic N) is 4. The summed E-state index contributed by atoms with van der Waals surface area (Å²) in [5.74, 6) is 0.602. The Morgan fingerprint density at radius 3 is 2.76 bits per heavy atom. The van der Waals surface area contributed by atoms with Crippen LogP contribution in [0.3, 0.4) is 0 Å². The van der Waals surface area contributed by atoms with Crippen molar-refractivity contribution in [3.05, 3.63) is 59.7 Å². The van der Waals surface area contributed by atoms with E-state index in [1.807, 2.05) is 18.2 Å². The van der Waals surface area contributed by atoms with Crippen molar-refractivity contribution in [2.75, 3.05) is 20.3 Å². The summed E-state index contributed by atoms with van der Waals surface area (Å²) >= 11 is 0. The number of aromatic nitrogens is 4. The molecule has 1 N–H and O–H groups in total. The largest absolute Gasteiger partial charge is 0.575 e. The van der Waals surface area contributed by atoms with E-state index in [-0.39, 0.29) is 17.6 Å². The van der Waals surface area contributed by atoms with Crippen molar-refractivity contribution < 1.29 is 27.4 Å². The Balaban J connectivity index is 1.46. The Morgan fingerprint density at radius 2 is 2.00 bits per heavy atom. The number of rotatable bonds is 5. The SMILES string of the molecule is COc1ccc(-n2nnnc2OC(F)(F)F)cc1[C@H]1CO[C@]2(CCCN[C@H]2c2ccccc2)C1. The Morgan fingerprint density at radius 1 is 1.18 bits per heavy atom. The van der Waals surface area contributed by atoms with Gasteiger partial charge in [-0.1, -0.05) is 35.4 Å². The molecule has 11 heteroatoms. The summed E-state index contributed by atoms with van der Waals surface area (Å²) in [5.41, 5.74) is 1.95. The smallest absolute Gasteiger partial charge is 0.496 e. The molecular formula is C23H24F3N5O3. The molecule has 3 aromatic rings. The molecule has 5 rings (SSSR count). The zero-order chi connectivity index (χ0) is 23.8. The molecule has 0 radical (unpaired) electrons. The van der Waals surface area contributed by atoms with E-state index >= 15 is 0 Å². The number of halogens is 3. The van der Waals surface area contributed by atoms with E-state index in [1.165, 1.54) is 5.56 Å². The maximum absolute atomic E-state index is 12.8. The maximum Gasteiger partial charge on any atom is 0.575 e. The van der Waals surface area contributed by atoms with E-state index in [0.29, 0.717) is 18.0 Å². The van der Waals surface area contributed by atoms with E-state index in [9.17, 15) is 13.2 Å².